The Morgan fingerprint density at radius 1 is 1.10 bits per heavy atom. The molecule has 0 radical (unpaired) electrons. The average molecular weight is 456 g/mol. The van der Waals surface area contributed by atoms with Crippen molar-refractivity contribution in [1.29, 1.82) is 0 Å². The van der Waals surface area contributed by atoms with Crippen LogP contribution in [0, 0.1) is 0 Å². The number of nitrogens with zero attached hydrogens (tertiary/aromatic N) is 2. The molecule has 4 rings (SSSR count). The van der Waals surface area contributed by atoms with Crippen LogP contribution in [0.1, 0.15) is 5.82 Å². The van der Waals surface area contributed by atoms with Crippen LogP contribution in [0.15, 0.2) is 59.4 Å². The Kier molecular flexibility index (Phi) is 6.56. The maximum absolute atomic E-state index is 12.6. The second-order valence-corrected chi connectivity index (χ2v) is 8.59. The molecule has 160 valence electrons. The lowest BCUT2D eigenvalue weighted by molar-refractivity contribution is 0.229. The Morgan fingerprint density at radius 2 is 1.81 bits per heavy atom. The summed E-state index contributed by atoms with van der Waals surface area (Å²) in [6.45, 7) is 1.73. The third-order valence-electron chi connectivity index (χ3n) is 4.78. The molecule has 1 N–H and O–H groups in total. The molecule has 0 atom stereocenters. The number of methoxy groups -OCH3 is 1. The average Bonchev–Trinajstić information content (AvgIpc) is 3.19. The van der Waals surface area contributed by atoms with E-state index < -0.39 is 0 Å². The monoisotopic (exact) mass is 455 g/mol. The van der Waals surface area contributed by atoms with Gasteiger partial charge >= 0.3 is 0 Å². The first kappa shape index (κ1) is 21.4. The van der Waals surface area contributed by atoms with E-state index in [1.807, 2.05) is 61.6 Å². The largest absolute Gasteiger partial charge is 0.497 e. The van der Waals surface area contributed by atoms with Crippen molar-refractivity contribution in [3.05, 3.63) is 75.8 Å². The molecular formula is C23H22ClN3O3S. The number of aromatic nitrogens is 2. The van der Waals surface area contributed by atoms with E-state index in [1.54, 1.807) is 7.11 Å². The number of fused-ring (bicyclic) bond motifs is 1. The zero-order valence-electron chi connectivity index (χ0n) is 17.2. The number of halogens is 1. The van der Waals surface area contributed by atoms with Crippen LogP contribution < -0.4 is 15.0 Å². The molecule has 6 nitrogen and oxygen atoms in total. The van der Waals surface area contributed by atoms with Gasteiger partial charge in [-0.3, -0.25) is 9.69 Å². The fourth-order valence-electron chi connectivity index (χ4n) is 3.15. The van der Waals surface area contributed by atoms with E-state index in [4.69, 9.17) is 21.1 Å². The fraction of sp³-hybridized carbons (Fsp3) is 0.217. The second-order valence-electron chi connectivity index (χ2n) is 7.11. The highest BCUT2D eigenvalue weighted by molar-refractivity contribution is 7.22. The van der Waals surface area contributed by atoms with Gasteiger partial charge in [-0.15, -0.1) is 11.3 Å². The lowest BCUT2D eigenvalue weighted by Crippen LogP contribution is -2.26. The molecule has 0 bridgehead atoms. The zero-order chi connectivity index (χ0) is 21.8. The fourth-order valence-corrected chi connectivity index (χ4v) is 4.27. The van der Waals surface area contributed by atoms with E-state index >= 15 is 0 Å². The minimum absolute atomic E-state index is 0.118. The van der Waals surface area contributed by atoms with Gasteiger partial charge in [0, 0.05) is 16.4 Å². The molecule has 2 aromatic carbocycles. The molecule has 0 amide bonds. The van der Waals surface area contributed by atoms with Gasteiger partial charge in [0.1, 0.15) is 28.6 Å². The van der Waals surface area contributed by atoms with Gasteiger partial charge in [0.15, 0.2) is 0 Å². The van der Waals surface area contributed by atoms with Gasteiger partial charge in [-0.25, -0.2) is 4.98 Å². The van der Waals surface area contributed by atoms with Crippen molar-refractivity contribution in [1.82, 2.24) is 14.9 Å². The number of rotatable bonds is 8. The van der Waals surface area contributed by atoms with Gasteiger partial charge in [-0.05, 0) is 55.1 Å². The summed E-state index contributed by atoms with van der Waals surface area (Å²) >= 11 is 7.41. The van der Waals surface area contributed by atoms with Crippen LogP contribution in [0.5, 0.6) is 11.5 Å². The van der Waals surface area contributed by atoms with E-state index in [9.17, 15) is 4.79 Å². The maximum Gasteiger partial charge on any atom is 0.268 e. The van der Waals surface area contributed by atoms with Gasteiger partial charge < -0.3 is 14.5 Å². The van der Waals surface area contributed by atoms with Crippen molar-refractivity contribution in [3.8, 4) is 21.9 Å². The molecule has 0 saturated heterocycles. The molecule has 31 heavy (non-hydrogen) atoms. The van der Waals surface area contributed by atoms with Crippen molar-refractivity contribution < 1.29 is 9.47 Å². The Labute approximate surface area is 189 Å². The lowest BCUT2D eigenvalue weighted by Gasteiger charge is -2.16. The summed E-state index contributed by atoms with van der Waals surface area (Å²) in [6.07, 6.45) is 0. The van der Waals surface area contributed by atoms with E-state index in [2.05, 4.69) is 14.9 Å². The number of aromatic amines is 1. The summed E-state index contributed by atoms with van der Waals surface area (Å²) in [5.74, 6) is 2.21. The van der Waals surface area contributed by atoms with Crippen LogP contribution in [0.25, 0.3) is 20.7 Å². The van der Waals surface area contributed by atoms with Gasteiger partial charge in [-0.2, -0.15) is 0 Å². The van der Waals surface area contributed by atoms with E-state index in [-0.39, 0.29) is 5.56 Å². The minimum atomic E-state index is -0.118. The molecule has 2 aromatic heterocycles. The molecule has 0 spiro atoms. The topological polar surface area (TPSA) is 67.5 Å². The molecule has 0 aliphatic carbocycles. The molecule has 0 fully saturated rings. The third kappa shape index (κ3) is 5.25. The Balaban J connectivity index is 1.40. The Morgan fingerprint density at radius 3 is 2.52 bits per heavy atom. The number of hydrogen-bond acceptors (Lipinski definition) is 6. The van der Waals surface area contributed by atoms with Crippen LogP contribution in [0.4, 0.5) is 0 Å². The predicted molar refractivity (Wildman–Crippen MR) is 126 cm³/mol. The second kappa shape index (κ2) is 9.51. The third-order valence-corrected chi connectivity index (χ3v) is 6.21. The molecule has 4 aromatic rings. The van der Waals surface area contributed by atoms with Crippen molar-refractivity contribution in [2.75, 3.05) is 27.3 Å². The summed E-state index contributed by atoms with van der Waals surface area (Å²) < 4.78 is 11.5. The Bertz CT molecular complexity index is 1220. The van der Waals surface area contributed by atoms with Gasteiger partial charge in [-0.1, -0.05) is 23.7 Å². The number of nitrogens with one attached hydrogen (secondary N) is 1. The van der Waals surface area contributed by atoms with Gasteiger partial charge in [0.25, 0.3) is 5.56 Å². The van der Waals surface area contributed by atoms with E-state index in [0.717, 1.165) is 21.9 Å². The normalized spacial score (nSPS) is 11.2. The van der Waals surface area contributed by atoms with Crippen molar-refractivity contribution >= 4 is 33.2 Å². The summed E-state index contributed by atoms with van der Waals surface area (Å²) in [6, 6.07) is 17.0. The number of benzene rings is 2. The highest BCUT2D eigenvalue weighted by Gasteiger charge is 2.12. The minimum Gasteiger partial charge on any atom is -0.497 e. The van der Waals surface area contributed by atoms with Gasteiger partial charge in [0.2, 0.25) is 0 Å². The molecule has 0 aliphatic heterocycles. The quantitative estimate of drug-likeness (QED) is 0.412. The smallest absolute Gasteiger partial charge is 0.268 e. The number of likely N-dealkylation sites (N-methyl/N-ethyl adjacent to an activating group) is 1. The molecule has 2 heterocycles. The van der Waals surface area contributed by atoms with Crippen LogP contribution in [0.3, 0.4) is 0 Å². The first-order valence-electron chi connectivity index (χ1n) is 9.76. The zero-order valence-corrected chi connectivity index (χ0v) is 18.8. The lowest BCUT2D eigenvalue weighted by atomic mass is 10.2. The maximum atomic E-state index is 12.6. The highest BCUT2D eigenvalue weighted by atomic mass is 35.5. The number of thiophene rings is 1. The standard InChI is InChI=1S/C23H22ClN3O3S/c1-27(11-12-30-18-9-7-17(29-2)8-10-18)14-21-25-19-13-20(31-22(19)23(28)26-21)15-3-5-16(24)6-4-15/h3-10,13H,11-12,14H2,1-2H3,(H,25,26,28). The molecule has 8 heteroatoms. The number of H-pyrrole nitrogens is 1. The van der Waals surface area contributed by atoms with E-state index in [0.29, 0.717) is 40.8 Å². The first-order valence-corrected chi connectivity index (χ1v) is 11.0. The van der Waals surface area contributed by atoms with Crippen molar-refractivity contribution in [3.63, 3.8) is 0 Å². The summed E-state index contributed by atoms with van der Waals surface area (Å²) in [5.41, 5.74) is 1.60. The summed E-state index contributed by atoms with van der Waals surface area (Å²) in [5, 5.41) is 0.683. The van der Waals surface area contributed by atoms with Crippen LogP contribution in [0.2, 0.25) is 5.02 Å². The number of hydrogen-bond donors (Lipinski definition) is 1. The molecular weight excluding hydrogens is 434 g/mol. The predicted octanol–water partition coefficient (Wildman–Crippen LogP) is 4.82. The highest BCUT2D eigenvalue weighted by Crippen LogP contribution is 2.31. The molecule has 0 unspecified atom stereocenters. The SMILES string of the molecule is COc1ccc(OCCN(C)Cc2nc3cc(-c4ccc(Cl)cc4)sc3c(=O)[nH]2)cc1. The van der Waals surface area contributed by atoms with Crippen molar-refractivity contribution in [2.24, 2.45) is 0 Å². The summed E-state index contributed by atoms with van der Waals surface area (Å²) in [7, 11) is 3.60. The van der Waals surface area contributed by atoms with Crippen LogP contribution in [-0.4, -0.2) is 42.2 Å². The Hall–Kier alpha value is -2.87. The van der Waals surface area contributed by atoms with Crippen LogP contribution >= 0.6 is 22.9 Å². The number of ether oxygens (including phenoxy) is 2. The van der Waals surface area contributed by atoms with Crippen molar-refractivity contribution in [2.45, 2.75) is 6.54 Å². The summed E-state index contributed by atoms with van der Waals surface area (Å²) in [4.78, 5) is 23.2. The van der Waals surface area contributed by atoms with Gasteiger partial charge in [0.05, 0.1) is 19.2 Å². The van der Waals surface area contributed by atoms with Crippen LogP contribution in [-0.2, 0) is 6.54 Å². The first-order chi connectivity index (χ1) is 15.0. The molecule has 0 saturated carbocycles. The molecule has 0 aliphatic rings. The van der Waals surface area contributed by atoms with E-state index in [1.165, 1.54) is 11.3 Å².